The molecule has 0 N–H and O–H groups in total. The lowest BCUT2D eigenvalue weighted by atomic mass is 9.90. The summed E-state index contributed by atoms with van der Waals surface area (Å²) in [7, 11) is 0. The highest BCUT2D eigenvalue weighted by atomic mass is 16.5. The third-order valence-corrected chi connectivity index (χ3v) is 4.14. The zero-order valence-electron chi connectivity index (χ0n) is 14.9. The quantitative estimate of drug-likeness (QED) is 0.616. The van der Waals surface area contributed by atoms with Gasteiger partial charge < -0.3 is 4.74 Å². The molecule has 1 unspecified atom stereocenters. The Morgan fingerprint density at radius 3 is 2.36 bits per heavy atom. The maximum atomic E-state index is 13.2. The first-order valence-electron chi connectivity index (χ1n) is 8.51. The molecule has 0 saturated heterocycles. The van der Waals surface area contributed by atoms with Crippen molar-refractivity contribution in [3.05, 3.63) is 78.1 Å². The highest BCUT2D eigenvalue weighted by molar-refractivity contribution is 6.03. The zero-order valence-corrected chi connectivity index (χ0v) is 14.9. The van der Waals surface area contributed by atoms with E-state index in [4.69, 9.17) is 4.74 Å². The molecule has 0 aliphatic rings. The fraction of sp³-hybridized carbons (Fsp3) is 0.273. The number of ketones is 1. The van der Waals surface area contributed by atoms with Crippen molar-refractivity contribution in [3.63, 3.8) is 0 Å². The van der Waals surface area contributed by atoms with Crippen molar-refractivity contribution in [1.82, 2.24) is 4.98 Å². The fourth-order valence-corrected chi connectivity index (χ4v) is 2.80. The summed E-state index contributed by atoms with van der Waals surface area (Å²) in [6, 6.07) is 17.7. The molecule has 0 radical (unpaired) electrons. The Bertz CT molecular complexity index is 866. The minimum Gasteiger partial charge on any atom is -0.375 e. The summed E-state index contributed by atoms with van der Waals surface area (Å²) >= 11 is 0. The first-order valence-corrected chi connectivity index (χ1v) is 8.51. The molecule has 25 heavy (non-hydrogen) atoms. The molecule has 0 fully saturated rings. The molecular weight excluding hydrogens is 310 g/mol. The van der Waals surface area contributed by atoms with Gasteiger partial charge in [0.05, 0.1) is 18.1 Å². The van der Waals surface area contributed by atoms with Crippen molar-refractivity contribution in [1.29, 1.82) is 0 Å². The molecule has 3 rings (SSSR count). The van der Waals surface area contributed by atoms with E-state index in [-0.39, 0.29) is 17.3 Å². The van der Waals surface area contributed by atoms with Crippen LogP contribution in [-0.2, 0) is 4.74 Å². The van der Waals surface area contributed by atoms with Gasteiger partial charge in [-0.2, -0.15) is 0 Å². The number of hydrogen-bond acceptors (Lipinski definition) is 3. The Hall–Kier alpha value is -2.52. The van der Waals surface area contributed by atoms with Crippen molar-refractivity contribution in [2.75, 3.05) is 6.61 Å². The third-order valence-electron chi connectivity index (χ3n) is 4.14. The number of pyridine rings is 1. The Morgan fingerprint density at radius 1 is 1.00 bits per heavy atom. The van der Waals surface area contributed by atoms with Gasteiger partial charge in [0.15, 0.2) is 5.78 Å². The van der Waals surface area contributed by atoms with Crippen LogP contribution in [-0.4, -0.2) is 23.0 Å². The van der Waals surface area contributed by atoms with E-state index in [0.29, 0.717) is 12.2 Å². The summed E-state index contributed by atoms with van der Waals surface area (Å²) in [5.41, 5.74) is 1.34. The molecule has 1 aromatic heterocycles. The third kappa shape index (κ3) is 4.31. The van der Waals surface area contributed by atoms with Crippen LogP contribution in [0.1, 0.15) is 42.6 Å². The summed E-state index contributed by atoms with van der Waals surface area (Å²) in [4.78, 5) is 17.3. The standard InChI is InChI=1S/C22H23NO2/c1-22(2,3)25-15-20(17-10-12-23-13-11-17)21(24)19-9-8-16-6-4-5-7-18(16)14-19/h4-14,20H,15H2,1-3H3. The Labute approximate surface area is 148 Å². The van der Waals surface area contributed by atoms with Gasteiger partial charge in [0.2, 0.25) is 0 Å². The number of rotatable bonds is 5. The number of carbonyl (C=O) groups is 1. The minimum atomic E-state index is -0.344. The maximum absolute atomic E-state index is 13.2. The van der Waals surface area contributed by atoms with Crippen molar-refractivity contribution in [2.45, 2.75) is 32.3 Å². The molecule has 3 nitrogen and oxygen atoms in total. The summed E-state index contributed by atoms with van der Waals surface area (Å²) in [6.07, 6.45) is 3.43. The second-order valence-corrected chi connectivity index (χ2v) is 7.18. The second kappa shape index (κ2) is 7.16. The minimum absolute atomic E-state index is 0.0706. The van der Waals surface area contributed by atoms with Crippen molar-refractivity contribution in [3.8, 4) is 0 Å². The predicted molar refractivity (Wildman–Crippen MR) is 101 cm³/mol. The number of nitrogens with zero attached hydrogens (tertiary/aromatic N) is 1. The fourth-order valence-electron chi connectivity index (χ4n) is 2.80. The smallest absolute Gasteiger partial charge is 0.172 e. The average Bonchev–Trinajstić information content (AvgIpc) is 2.61. The van der Waals surface area contributed by atoms with E-state index in [1.54, 1.807) is 12.4 Å². The molecule has 1 heterocycles. The number of fused-ring (bicyclic) bond motifs is 1. The zero-order chi connectivity index (χ0) is 17.9. The van der Waals surface area contributed by atoms with Gasteiger partial charge in [-0.15, -0.1) is 0 Å². The van der Waals surface area contributed by atoms with Crippen molar-refractivity contribution < 1.29 is 9.53 Å². The number of aromatic nitrogens is 1. The van der Waals surface area contributed by atoms with Gasteiger partial charge in [0.1, 0.15) is 0 Å². The molecule has 0 spiro atoms. The van der Waals surface area contributed by atoms with Gasteiger partial charge in [-0.25, -0.2) is 0 Å². The summed E-state index contributed by atoms with van der Waals surface area (Å²) < 4.78 is 5.93. The molecule has 2 aromatic carbocycles. The van der Waals surface area contributed by atoms with Crippen LogP contribution in [0.15, 0.2) is 67.0 Å². The van der Waals surface area contributed by atoms with Crippen LogP contribution >= 0.6 is 0 Å². The van der Waals surface area contributed by atoms with Crippen LogP contribution in [0.4, 0.5) is 0 Å². The lowest BCUT2D eigenvalue weighted by Gasteiger charge is -2.24. The summed E-state index contributed by atoms with van der Waals surface area (Å²) in [5, 5.41) is 2.20. The lowest BCUT2D eigenvalue weighted by Crippen LogP contribution is -2.26. The molecule has 0 aliphatic heterocycles. The molecule has 0 saturated carbocycles. The number of hydrogen-bond donors (Lipinski definition) is 0. The van der Waals surface area contributed by atoms with Gasteiger partial charge in [-0.05, 0) is 55.3 Å². The Kier molecular flexibility index (Phi) is 4.95. The normalized spacial score (nSPS) is 12.9. The van der Waals surface area contributed by atoms with E-state index in [1.807, 2.05) is 75.4 Å². The number of ether oxygens (including phenoxy) is 1. The number of Topliss-reactive ketones (excluding diaryl/α,β-unsaturated/α-hetero) is 1. The molecule has 0 aliphatic carbocycles. The van der Waals surface area contributed by atoms with Crippen LogP contribution in [0.25, 0.3) is 10.8 Å². The van der Waals surface area contributed by atoms with E-state index in [1.165, 1.54) is 0 Å². The SMILES string of the molecule is CC(C)(C)OCC(C(=O)c1ccc2ccccc2c1)c1ccncc1. The first-order chi connectivity index (χ1) is 11.9. The molecule has 0 amide bonds. The van der Waals surface area contributed by atoms with Crippen molar-refractivity contribution >= 4 is 16.6 Å². The van der Waals surface area contributed by atoms with Gasteiger partial charge in [0, 0.05) is 18.0 Å². The molecule has 3 aromatic rings. The summed E-state index contributed by atoms with van der Waals surface area (Å²) in [6.45, 7) is 6.34. The Morgan fingerprint density at radius 2 is 1.68 bits per heavy atom. The van der Waals surface area contributed by atoms with E-state index < -0.39 is 0 Å². The van der Waals surface area contributed by atoms with Gasteiger partial charge in [-0.3, -0.25) is 9.78 Å². The number of carbonyl (C=O) groups excluding carboxylic acids is 1. The van der Waals surface area contributed by atoms with Crippen LogP contribution in [0, 0.1) is 0 Å². The van der Waals surface area contributed by atoms with Crippen LogP contribution in [0.5, 0.6) is 0 Å². The maximum Gasteiger partial charge on any atom is 0.172 e. The largest absolute Gasteiger partial charge is 0.375 e. The molecule has 128 valence electrons. The van der Waals surface area contributed by atoms with Gasteiger partial charge in [-0.1, -0.05) is 36.4 Å². The van der Waals surface area contributed by atoms with E-state index in [2.05, 4.69) is 4.98 Å². The van der Waals surface area contributed by atoms with E-state index >= 15 is 0 Å². The predicted octanol–water partition coefficient (Wildman–Crippen LogP) is 5.02. The average molecular weight is 333 g/mol. The van der Waals surface area contributed by atoms with E-state index in [0.717, 1.165) is 16.3 Å². The molecule has 3 heteroatoms. The molecule has 0 bridgehead atoms. The van der Waals surface area contributed by atoms with Crippen LogP contribution in [0.2, 0.25) is 0 Å². The van der Waals surface area contributed by atoms with E-state index in [9.17, 15) is 4.79 Å². The molecular formula is C22H23NO2. The van der Waals surface area contributed by atoms with Crippen molar-refractivity contribution in [2.24, 2.45) is 0 Å². The topological polar surface area (TPSA) is 39.2 Å². The second-order valence-electron chi connectivity index (χ2n) is 7.18. The van der Waals surface area contributed by atoms with Gasteiger partial charge in [0.25, 0.3) is 0 Å². The van der Waals surface area contributed by atoms with Gasteiger partial charge >= 0.3 is 0 Å². The number of benzene rings is 2. The molecule has 1 atom stereocenters. The highest BCUT2D eigenvalue weighted by Crippen LogP contribution is 2.25. The monoisotopic (exact) mass is 333 g/mol. The van der Waals surface area contributed by atoms with Crippen LogP contribution in [0.3, 0.4) is 0 Å². The summed E-state index contributed by atoms with van der Waals surface area (Å²) in [5.74, 6) is -0.274. The Balaban J connectivity index is 1.94. The first kappa shape index (κ1) is 17.3. The highest BCUT2D eigenvalue weighted by Gasteiger charge is 2.25. The lowest BCUT2D eigenvalue weighted by molar-refractivity contribution is -0.00855. The van der Waals surface area contributed by atoms with Crippen LogP contribution < -0.4 is 0 Å².